The fourth-order valence-corrected chi connectivity index (χ4v) is 4.46. The van der Waals surface area contributed by atoms with Gasteiger partial charge in [-0.15, -0.1) is 0 Å². The van der Waals surface area contributed by atoms with Gasteiger partial charge in [0.25, 0.3) is 0 Å². The Morgan fingerprint density at radius 2 is 0.680 bits per heavy atom. The summed E-state index contributed by atoms with van der Waals surface area (Å²) in [6.45, 7) is 0. The molecule has 4 aromatic rings. The molecule has 0 saturated carbocycles. The molecule has 2 aliphatic rings. The summed E-state index contributed by atoms with van der Waals surface area (Å²) in [5, 5.41) is 5.79. The van der Waals surface area contributed by atoms with E-state index in [0.29, 0.717) is 0 Å². The van der Waals surface area contributed by atoms with Crippen LogP contribution in [-0.4, -0.2) is 0 Å². The number of aryl methyl sites for hydroxylation is 4. The summed E-state index contributed by atoms with van der Waals surface area (Å²) >= 11 is 0. The SMILES string of the molecule is c1ccc2c3ccc(c2c1)CCCc1ccc(c2ccccc12)CC3. The average molecular weight is 322 g/mol. The highest BCUT2D eigenvalue weighted by atomic mass is 14.2. The van der Waals surface area contributed by atoms with Crippen molar-refractivity contribution in [2.75, 3.05) is 0 Å². The molecule has 4 bridgehead atoms. The van der Waals surface area contributed by atoms with Crippen LogP contribution in [-0.2, 0) is 25.7 Å². The van der Waals surface area contributed by atoms with Crippen LogP contribution in [0.1, 0.15) is 28.7 Å². The standard InChI is InChI=1S/C25H22/c1-3-10-24-20-14-12-18(22(24)8-1)6-5-7-19-13-15-21(17-16-20)25-11-4-2-9-23(19)25/h1-4,8-15H,5-7,16-17H2. The van der Waals surface area contributed by atoms with Crippen LogP contribution in [0, 0.1) is 0 Å². The Bertz CT molecular complexity index is 985. The highest BCUT2D eigenvalue weighted by Crippen LogP contribution is 2.29. The number of hydrogen-bond donors (Lipinski definition) is 0. The van der Waals surface area contributed by atoms with Crippen molar-refractivity contribution < 1.29 is 0 Å². The molecule has 25 heavy (non-hydrogen) atoms. The lowest BCUT2D eigenvalue weighted by Crippen LogP contribution is -1.95. The van der Waals surface area contributed by atoms with Crippen molar-refractivity contribution in [3.05, 3.63) is 95.1 Å². The third kappa shape index (κ3) is 2.53. The van der Waals surface area contributed by atoms with Crippen molar-refractivity contribution in [1.29, 1.82) is 0 Å². The monoisotopic (exact) mass is 322 g/mol. The second-order valence-corrected chi connectivity index (χ2v) is 7.21. The molecule has 0 nitrogen and oxygen atoms in total. The first-order valence-corrected chi connectivity index (χ1v) is 9.39. The Hall–Kier alpha value is -2.60. The van der Waals surface area contributed by atoms with Gasteiger partial charge in [-0.1, -0.05) is 72.8 Å². The third-order valence-electron chi connectivity index (χ3n) is 5.77. The molecule has 4 aromatic carbocycles. The third-order valence-corrected chi connectivity index (χ3v) is 5.77. The summed E-state index contributed by atoms with van der Waals surface area (Å²) in [5.41, 5.74) is 5.95. The Balaban J connectivity index is 1.70. The first-order valence-electron chi connectivity index (χ1n) is 9.39. The van der Waals surface area contributed by atoms with Crippen molar-refractivity contribution in [3.8, 4) is 0 Å². The van der Waals surface area contributed by atoms with Crippen molar-refractivity contribution in [3.63, 3.8) is 0 Å². The van der Waals surface area contributed by atoms with E-state index < -0.39 is 0 Å². The highest BCUT2D eigenvalue weighted by molar-refractivity contribution is 5.90. The second kappa shape index (κ2) is 6.04. The summed E-state index contributed by atoms with van der Waals surface area (Å²) in [6, 6.07) is 27.4. The minimum absolute atomic E-state index is 1.10. The lowest BCUT2D eigenvalue weighted by atomic mass is 9.93. The predicted octanol–water partition coefficient (Wildman–Crippen LogP) is 6.27. The molecular formula is C25H22. The minimum Gasteiger partial charge on any atom is -0.0616 e. The quantitative estimate of drug-likeness (QED) is 0.358. The molecule has 0 unspecified atom stereocenters. The molecule has 6 rings (SSSR count). The molecule has 0 atom stereocenters. The van der Waals surface area contributed by atoms with Crippen LogP contribution in [0.3, 0.4) is 0 Å². The molecule has 0 radical (unpaired) electrons. The number of benzene rings is 4. The van der Waals surface area contributed by atoms with E-state index >= 15 is 0 Å². The normalized spacial score (nSPS) is 14.4. The van der Waals surface area contributed by atoms with E-state index in [1.165, 1.54) is 50.2 Å². The molecule has 122 valence electrons. The van der Waals surface area contributed by atoms with Crippen LogP contribution >= 0.6 is 0 Å². The van der Waals surface area contributed by atoms with Crippen molar-refractivity contribution in [2.45, 2.75) is 32.1 Å². The van der Waals surface area contributed by atoms with Crippen molar-refractivity contribution in [1.82, 2.24) is 0 Å². The van der Waals surface area contributed by atoms with Gasteiger partial charge in [-0.3, -0.25) is 0 Å². The Morgan fingerprint density at radius 3 is 1.04 bits per heavy atom. The van der Waals surface area contributed by atoms with Gasteiger partial charge in [0.1, 0.15) is 0 Å². The summed E-state index contributed by atoms with van der Waals surface area (Å²) < 4.78 is 0. The summed E-state index contributed by atoms with van der Waals surface area (Å²) in [5.74, 6) is 0. The van der Waals surface area contributed by atoms with Gasteiger partial charge in [-0.25, -0.2) is 0 Å². The van der Waals surface area contributed by atoms with Crippen LogP contribution in [0.15, 0.2) is 72.8 Å². The fraction of sp³-hybridized carbons (Fsp3) is 0.200. The van der Waals surface area contributed by atoms with Gasteiger partial charge >= 0.3 is 0 Å². The molecular weight excluding hydrogens is 300 g/mol. The molecule has 0 amide bonds. The second-order valence-electron chi connectivity index (χ2n) is 7.21. The molecule has 0 fully saturated rings. The van der Waals surface area contributed by atoms with E-state index in [2.05, 4.69) is 72.8 Å². The summed E-state index contributed by atoms with van der Waals surface area (Å²) in [4.78, 5) is 0. The zero-order valence-electron chi connectivity index (χ0n) is 14.5. The smallest absolute Gasteiger partial charge is 0.0149 e. The molecule has 0 N–H and O–H groups in total. The number of rotatable bonds is 0. The fourth-order valence-electron chi connectivity index (χ4n) is 4.46. The van der Waals surface area contributed by atoms with E-state index in [-0.39, 0.29) is 0 Å². The van der Waals surface area contributed by atoms with Gasteiger partial charge in [0.05, 0.1) is 0 Å². The van der Waals surface area contributed by atoms with Gasteiger partial charge < -0.3 is 0 Å². The predicted molar refractivity (Wildman–Crippen MR) is 107 cm³/mol. The van der Waals surface area contributed by atoms with E-state index in [4.69, 9.17) is 0 Å². The molecule has 0 heteroatoms. The lowest BCUT2D eigenvalue weighted by Gasteiger charge is -2.11. The Labute approximate surface area is 149 Å². The van der Waals surface area contributed by atoms with Gasteiger partial charge in [0, 0.05) is 0 Å². The van der Waals surface area contributed by atoms with E-state index in [0.717, 1.165) is 25.7 Å². The molecule has 0 aliphatic heterocycles. The van der Waals surface area contributed by atoms with Gasteiger partial charge in [-0.2, -0.15) is 0 Å². The Kier molecular flexibility index (Phi) is 3.56. The molecule has 0 spiro atoms. The van der Waals surface area contributed by atoms with Crippen LogP contribution in [0.25, 0.3) is 21.5 Å². The molecule has 0 heterocycles. The summed E-state index contributed by atoms with van der Waals surface area (Å²) in [6.07, 6.45) is 5.70. The van der Waals surface area contributed by atoms with Crippen LogP contribution < -0.4 is 0 Å². The Morgan fingerprint density at radius 1 is 0.360 bits per heavy atom. The van der Waals surface area contributed by atoms with Gasteiger partial charge in [0.15, 0.2) is 0 Å². The average Bonchev–Trinajstić information content (AvgIpc) is 2.71. The highest BCUT2D eigenvalue weighted by Gasteiger charge is 2.11. The summed E-state index contributed by atoms with van der Waals surface area (Å²) in [7, 11) is 0. The van der Waals surface area contributed by atoms with E-state index in [1.54, 1.807) is 0 Å². The first-order chi connectivity index (χ1) is 12.4. The number of hydrogen-bond acceptors (Lipinski definition) is 0. The topological polar surface area (TPSA) is 0 Å². The first kappa shape index (κ1) is 14.7. The zero-order valence-corrected chi connectivity index (χ0v) is 14.5. The van der Waals surface area contributed by atoms with Gasteiger partial charge in [0.2, 0.25) is 0 Å². The van der Waals surface area contributed by atoms with Crippen LogP contribution in [0.2, 0.25) is 0 Å². The van der Waals surface area contributed by atoms with Crippen LogP contribution in [0.5, 0.6) is 0 Å². The number of fused-ring (bicyclic) bond motifs is 5. The zero-order chi connectivity index (χ0) is 16.6. The van der Waals surface area contributed by atoms with Crippen molar-refractivity contribution >= 4 is 21.5 Å². The van der Waals surface area contributed by atoms with Gasteiger partial charge in [-0.05, 0) is 75.9 Å². The largest absolute Gasteiger partial charge is 0.0616 e. The maximum atomic E-state index is 2.37. The molecule has 2 aliphatic carbocycles. The minimum atomic E-state index is 1.10. The van der Waals surface area contributed by atoms with E-state index in [9.17, 15) is 0 Å². The lowest BCUT2D eigenvalue weighted by molar-refractivity contribution is 0.829. The van der Waals surface area contributed by atoms with Crippen LogP contribution in [0.4, 0.5) is 0 Å². The maximum Gasteiger partial charge on any atom is -0.0149 e. The molecule has 0 aromatic heterocycles. The maximum absolute atomic E-state index is 2.37. The van der Waals surface area contributed by atoms with E-state index in [1.807, 2.05) is 0 Å². The van der Waals surface area contributed by atoms with Crippen molar-refractivity contribution in [2.24, 2.45) is 0 Å². The molecule has 0 saturated heterocycles.